The molecule has 1 aromatic carbocycles. The lowest BCUT2D eigenvalue weighted by Crippen LogP contribution is -2.46. The fourth-order valence-corrected chi connectivity index (χ4v) is 3.65. The maximum Gasteiger partial charge on any atom is 0.191 e. The van der Waals surface area contributed by atoms with Gasteiger partial charge in [-0.15, -0.1) is 24.0 Å². The highest BCUT2D eigenvalue weighted by molar-refractivity contribution is 14.0. The quantitative estimate of drug-likeness (QED) is 0.216. The number of guanidine groups is 1. The number of rotatable bonds is 10. The number of hydrogen-bond acceptors (Lipinski definition) is 3. The third kappa shape index (κ3) is 10.1. The minimum Gasteiger partial charge on any atom is -0.357 e. The van der Waals surface area contributed by atoms with Crippen molar-refractivity contribution in [2.24, 2.45) is 4.99 Å². The summed E-state index contributed by atoms with van der Waals surface area (Å²) >= 11 is 0. The summed E-state index contributed by atoms with van der Waals surface area (Å²) in [5.74, 6) is 1.37. The maximum atomic E-state index is 4.80. The van der Waals surface area contributed by atoms with Gasteiger partial charge in [0.05, 0.1) is 0 Å². The lowest BCUT2D eigenvalue weighted by molar-refractivity contribution is 0.136. The van der Waals surface area contributed by atoms with Crippen molar-refractivity contribution in [1.29, 1.82) is 0 Å². The molecular formula is C23H42IN5. The second kappa shape index (κ2) is 15.0. The minimum absolute atomic E-state index is 0. The van der Waals surface area contributed by atoms with Gasteiger partial charge in [-0.3, -0.25) is 4.99 Å². The molecular weight excluding hydrogens is 473 g/mol. The predicted octanol–water partition coefficient (Wildman–Crippen LogP) is 3.69. The third-order valence-corrected chi connectivity index (χ3v) is 5.58. The Labute approximate surface area is 195 Å². The van der Waals surface area contributed by atoms with Gasteiger partial charge in [0.15, 0.2) is 5.96 Å². The Hall–Kier alpha value is -0.860. The van der Waals surface area contributed by atoms with E-state index >= 15 is 0 Å². The van der Waals surface area contributed by atoms with E-state index in [0.717, 1.165) is 25.6 Å². The number of benzene rings is 1. The van der Waals surface area contributed by atoms with Crippen LogP contribution in [0.5, 0.6) is 0 Å². The molecule has 0 aromatic heterocycles. The van der Waals surface area contributed by atoms with E-state index in [1.807, 2.05) is 0 Å². The highest BCUT2D eigenvalue weighted by Gasteiger charge is 2.14. The number of nitrogens with zero attached hydrogens (tertiary/aromatic N) is 3. The monoisotopic (exact) mass is 515 g/mol. The van der Waals surface area contributed by atoms with Crippen LogP contribution in [-0.4, -0.2) is 74.7 Å². The van der Waals surface area contributed by atoms with E-state index in [1.165, 1.54) is 63.2 Å². The Morgan fingerprint density at radius 3 is 2.45 bits per heavy atom. The highest BCUT2D eigenvalue weighted by Crippen LogP contribution is 2.16. The van der Waals surface area contributed by atoms with Crippen molar-refractivity contribution in [3.8, 4) is 0 Å². The van der Waals surface area contributed by atoms with Crippen LogP contribution in [0.1, 0.15) is 50.7 Å². The van der Waals surface area contributed by atoms with E-state index in [9.17, 15) is 0 Å². The van der Waals surface area contributed by atoms with Crippen LogP contribution in [0.15, 0.2) is 29.3 Å². The molecule has 2 N–H and O–H groups in total. The van der Waals surface area contributed by atoms with E-state index in [1.54, 1.807) is 0 Å². The number of likely N-dealkylation sites (N-methyl/N-ethyl adjacent to an activating group) is 1. The van der Waals surface area contributed by atoms with E-state index < -0.39 is 0 Å². The van der Waals surface area contributed by atoms with Gasteiger partial charge in [0.1, 0.15) is 0 Å². The van der Waals surface area contributed by atoms with Gasteiger partial charge in [-0.1, -0.05) is 43.7 Å². The highest BCUT2D eigenvalue weighted by atomic mass is 127. The van der Waals surface area contributed by atoms with Gasteiger partial charge in [-0.25, -0.2) is 0 Å². The van der Waals surface area contributed by atoms with Crippen LogP contribution in [0.4, 0.5) is 0 Å². The molecule has 0 spiro atoms. The summed E-state index contributed by atoms with van der Waals surface area (Å²) in [6, 6.07) is 8.75. The van der Waals surface area contributed by atoms with Crippen LogP contribution in [0.3, 0.4) is 0 Å². The zero-order valence-electron chi connectivity index (χ0n) is 18.9. The molecule has 0 saturated carbocycles. The van der Waals surface area contributed by atoms with E-state index in [-0.39, 0.29) is 24.0 Å². The average Bonchev–Trinajstić information content (AvgIpc) is 2.72. The molecule has 1 aromatic rings. The Kier molecular flexibility index (Phi) is 13.6. The normalized spacial score (nSPS) is 16.9. The van der Waals surface area contributed by atoms with Crippen molar-refractivity contribution in [1.82, 2.24) is 20.4 Å². The number of hydrogen-bond donors (Lipinski definition) is 2. The fourth-order valence-electron chi connectivity index (χ4n) is 3.65. The number of nitrogens with one attached hydrogen (secondary N) is 2. The average molecular weight is 516 g/mol. The lowest BCUT2D eigenvalue weighted by Gasteiger charge is -2.34. The van der Waals surface area contributed by atoms with Crippen molar-refractivity contribution in [3.63, 3.8) is 0 Å². The molecule has 2 rings (SSSR count). The summed E-state index contributed by atoms with van der Waals surface area (Å²) < 4.78 is 0. The Bertz CT molecular complexity index is 584. The SMILES string of the molecule is CCNC(=NCC(C)c1cccc(C)c1)NCCCCN1CCN(CC)CC1.I. The first kappa shape index (κ1) is 26.2. The standard InChI is InChI=1S/C23H41N5.HI/c1-5-24-23(26-19-21(4)22-11-9-10-20(3)18-22)25-12-7-8-13-28-16-14-27(6-2)15-17-28;/h9-11,18,21H,5-8,12-17,19H2,1-4H3,(H2,24,25,26);1H. The molecule has 1 heterocycles. The number of aliphatic imine (C=N–C) groups is 1. The molecule has 1 unspecified atom stereocenters. The molecule has 1 saturated heterocycles. The predicted molar refractivity (Wildman–Crippen MR) is 137 cm³/mol. The second-order valence-electron chi connectivity index (χ2n) is 7.94. The minimum atomic E-state index is 0. The van der Waals surface area contributed by atoms with Crippen LogP contribution in [-0.2, 0) is 0 Å². The van der Waals surface area contributed by atoms with Crippen molar-refractivity contribution in [2.75, 3.05) is 58.9 Å². The topological polar surface area (TPSA) is 42.9 Å². The summed E-state index contributed by atoms with van der Waals surface area (Å²) in [6.07, 6.45) is 2.43. The van der Waals surface area contributed by atoms with Gasteiger partial charge < -0.3 is 20.4 Å². The first-order valence-electron chi connectivity index (χ1n) is 11.2. The molecule has 0 aliphatic carbocycles. The first-order valence-corrected chi connectivity index (χ1v) is 11.2. The van der Waals surface area contributed by atoms with Gasteiger partial charge in [0.25, 0.3) is 0 Å². The van der Waals surface area contributed by atoms with Crippen LogP contribution in [0, 0.1) is 6.92 Å². The molecule has 166 valence electrons. The molecule has 1 atom stereocenters. The van der Waals surface area contributed by atoms with Crippen molar-refractivity contribution < 1.29 is 0 Å². The van der Waals surface area contributed by atoms with Gasteiger partial charge in [-0.2, -0.15) is 0 Å². The molecule has 29 heavy (non-hydrogen) atoms. The fraction of sp³-hybridized carbons (Fsp3) is 0.696. The molecule has 6 heteroatoms. The van der Waals surface area contributed by atoms with Crippen molar-refractivity contribution >= 4 is 29.9 Å². The number of piperazine rings is 1. The summed E-state index contributed by atoms with van der Waals surface area (Å²) in [7, 11) is 0. The molecule has 5 nitrogen and oxygen atoms in total. The Morgan fingerprint density at radius 2 is 1.79 bits per heavy atom. The van der Waals surface area contributed by atoms with Crippen LogP contribution < -0.4 is 10.6 Å². The third-order valence-electron chi connectivity index (χ3n) is 5.58. The second-order valence-corrected chi connectivity index (χ2v) is 7.94. The van der Waals surface area contributed by atoms with Crippen LogP contribution >= 0.6 is 24.0 Å². The largest absolute Gasteiger partial charge is 0.357 e. The first-order chi connectivity index (χ1) is 13.6. The lowest BCUT2D eigenvalue weighted by atomic mass is 10.00. The van der Waals surface area contributed by atoms with E-state index in [2.05, 4.69) is 72.4 Å². The molecule has 1 aliphatic rings. The Balaban J connectivity index is 0.00000420. The maximum absolute atomic E-state index is 4.80. The molecule has 1 aliphatic heterocycles. The van der Waals surface area contributed by atoms with Crippen molar-refractivity contribution in [2.45, 2.75) is 46.5 Å². The number of unbranched alkanes of at least 4 members (excludes halogenated alkanes) is 1. The molecule has 0 bridgehead atoms. The van der Waals surface area contributed by atoms with Crippen molar-refractivity contribution in [3.05, 3.63) is 35.4 Å². The Morgan fingerprint density at radius 1 is 1.07 bits per heavy atom. The number of aryl methyl sites for hydroxylation is 1. The summed E-state index contributed by atoms with van der Waals surface area (Å²) in [5, 5.41) is 6.88. The van der Waals surface area contributed by atoms with Crippen LogP contribution in [0.25, 0.3) is 0 Å². The summed E-state index contributed by atoms with van der Waals surface area (Å²) in [6.45, 7) is 18.8. The molecule has 0 amide bonds. The van der Waals surface area contributed by atoms with Gasteiger partial charge in [0, 0.05) is 51.7 Å². The van der Waals surface area contributed by atoms with Gasteiger partial charge in [-0.05, 0) is 45.3 Å². The van der Waals surface area contributed by atoms with Gasteiger partial charge in [0.2, 0.25) is 0 Å². The smallest absolute Gasteiger partial charge is 0.191 e. The van der Waals surface area contributed by atoms with Gasteiger partial charge >= 0.3 is 0 Å². The van der Waals surface area contributed by atoms with E-state index in [4.69, 9.17) is 4.99 Å². The molecule has 1 fully saturated rings. The molecule has 0 radical (unpaired) electrons. The van der Waals surface area contributed by atoms with E-state index in [0.29, 0.717) is 5.92 Å². The zero-order valence-corrected chi connectivity index (χ0v) is 21.2. The van der Waals surface area contributed by atoms with Crippen LogP contribution in [0.2, 0.25) is 0 Å². The number of halogens is 1. The summed E-state index contributed by atoms with van der Waals surface area (Å²) in [4.78, 5) is 9.95. The zero-order chi connectivity index (χ0) is 20.2. The summed E-state index contributed by atoms with van der Waals surface area (Å²) in [5.41, 5.74) is 2.68.